The maximum Gasteiger partial charge on any atom is 0.416 e. The zero-order valence-corrected chi connectivity index (χ0v) is 21.5. The standard InChI is InChI=1S/C21H19F5N4O2.C7H7F/c22-17(23)19-28-27-18(32-19)16-10-14(12-6-2-1-3-7-12)20(31)30(29-16)11-13-8-4-5-9-15(13)21(24,25)26;1-6-3-2-4-7(8)5-6/h4-5,8-10,12,17H,1-3,6-7,11H2;2-5H,1H3. The predicted molar refractivity (Wildman–Crippen MR) is 134 cm³/mol. The Morgan fingerprint density at radius 1 is 1.00 bits per heavy atom. The second-order valence-corrected chi connectivity index (χ2v) is 9.48. The molecule has 40 heavy (non-hydrogen) atoms. The molecule has 0 spiro atoms. The van der Waals surface area contributed by atoms with Crippen LogP contribution in [0.25, 0.3) is 11.6 Å². The van der Waals surface area contributed by atoms with Crippen LogP contribution in [0.4, 0.5) is 26.3 Å². The number of alkyl halides is 5. The average molecular weight is 565 g/mol. The van der Waals surface area contributed by atoms with E-state index in [4.69, 9.17) is 4.42 Å². The van der Waals surface area contributed by atoms with Crippen LogP contribution in [0.5, 0.6) is 0 Å². The maximum atomic E-state index is 13.4. The molecule has 4 aromatic rings. The summed E-state index contributed by atoms with van der Waals surface area (Å²) in [5.41, 5.74) is -0.252. The largest absolute Gasteiger partial charge is 0.416 e. The second-order valence-electron chi connectivity index (χ2n) is 9.48. The quantitative estimate of drug-likeness (QED) is 0.235. The van der Waals surface area contributed by atoms with Crippen LogP contribution in [0.1, 0.15) is 72.6 Å². The number of nitrogens with zero attached hydrogens (tertiary/aromatic N) is 4. The number of aryl methyl sites for hydroxylation is 1. The summed E-state index contributed by atoms with van der Waals surface area (Å²) < 4.78 is 84.1. The van der Waals surface area contributed by atoms with Crippen LogP contribution in [0, 0.1) is 12.7 Å². The summed E-state index contributed by atoms with van der Waals surface area (Å²) in [6.45, 7) is 1.42. The molecule has 0 amide bonds. The van der Waals surface area contributed by atoms with Crippen molar-refractivity contribution in [3.05, 3.63) is 98.9 Å². The molecule has 212 valence electrons. The van der Waals surface area contributed by atoms with Crippen molar-refractivity contribution in [1.82, 2.24) is 20.0 Å². The Bertz CT molecular complexity index is 1480. The number of hydrogen-bond acceptors (Lipinski definition) is 5. The van der Waals surface area contributed by atoms with Crippen molar-refractivity contribution in [3.8, 4) is 11.6 Å². The lowest BCUT2D eigenvalue weighted by atomic mass is 9.84. The molecule has 12 heteroatoms. The van der Waals surface area contributed by atoms with E-state index >= 15 is 0 Å². The third-order valence-electron chi connectivity index (χ3n) is 6.52. The van der Waals surface area contributed by atoms with Gasteiger partial charge in [0.25, 0.3) is 17.3 Å². The zero-order chi connectivity index (χ0) is 28.9. The first-order valence-corrected chi connectivity index (χ1v) is 12.6. The van der Waals surface area contributed by atoms with Gasteiger partial charge in [-0.05, 0) is 61.1 Å². The molecule has 0 radical (unpaired) electrons. The monoisotopic (exact) mass is 564 g/mol. The summed E-state index contributed by atoms with van der Waals surface area (Å²) in [7, 11) is 0. The fourth-order valence-corrected chi connectivity index (χ4v) is 4.61. The van der Waals surface area contributed by atoms with Gasteiger partial charge in [-0.1, -0.05) is 49.6 Å². The van der Waals surface area contributed by atoms with Crippen LogP contribution in [0.2, 0.25) is 0 Å². The van der Waals surface area contributed by atoms with E-state index in [-0.39, 0.29) is 28.9 Å². The lowest BCUT2D eigenvalue weighted by Crippen LogP contribution is -2.30. The Morgan fingerprint density at radius 3 is 2.33 bits per heavy atom. The molecule has 1 aliphatic rings. The minimum atomic E-state index is -4.61. The van der Waals surface area contributed by atoms with Gasteiger partial charge in [0.05, 0.1) is 12.1 Å². The van der Waals surface area contributed by atoms with Crippen LogP contribution in [0.3, 0.4) is 0 Å². The molecule has 2 aromatic carbocycles. The van der Waals surface area contributed by atoms with Crippen molar-refractivity contribution in [2.24, 2.45) is 0 Å². The van der Waals surface area contributed by atoms with Gasteiger partial charge in [-0.3, -0.25) is 4.79 Å². The maximum absolute atomic E-state index is 13.4. The smallest absolute Gasteiger partial charge is 0.413 e. The summed E-state index contributed by atoms with van der Waals surface area (Å²) in [5.74, 6) is -1.50. The van der Waals surface area contributed by atoms with Crippen LogP contribution in [0.15, 0.2) is 63.8 Å². The van der Waals surface area contributed by atoms with Crippen molar-refractivity contribution in [3.63, 3.8) is 0 Å². The van der Waals surface area contributed by atoms with Crippen molar-refractivity contribution < 1.29 is 30.8 Å². The van der Waals surface area contributed by atoms with Crippen LogP contribution < -0.4 is 5.56 Å². The van der Waals surface area contributed by atoms with E-state index in [1.807, 2.05) is 13.0 Å². The predicted octanol–water partition coefficient (Wildman–Crippen LogP) is 7.48. The van der Waals surface area contributed by atoms with Crippen molar-refractivity contribution in [1.29, 1.82) is 0 Å². The van der Waals surface area contributed by atoms with Crippen LogP contribution in [-0.2, 0) is 12.7 Å². The molecule has 0 bridgehead atoms. The summed E-state index contributed by atoms with van der Waals surface area (Å²) in [6.07, 6.45) is -3.26. The molecule has 5 rings (SSSR count). The molecule has 0 aliphatic heterocycles. The molecule has 0 saturated heterocycles. The van der Waals surface area contributed by atoms with Crippen LogP contribution in [-0.4, -0.2) is 20.0 Å². The normalized spacial score (nSPS) is 14.2. The van der Waals surface area contributed by atoms with Gasteiger partial charge < -0.3 is 4.42 Å². The molecule has 6 nitrogen and oxygen atoms in total. The second kappa shape index (κ2) is 12.5. The molecule has 0 N–H and O–H groups in total. The number of hydrogen-bond donors (Lipinski definition) is 0. The minimum absolute atomic E-state index is 0.0333. The Morgan fingerprint density at radius 2 is 1.73 bits per heavy atom. The molecule has 1 fully saturated rings. The first-order chi connectivity index (χ1) is 19.0. The fraction of sp³-hybridized carbons (Fsp3) is 0.357. The Hall–Kier alpha value is -3.96. The molecule has 1 saturated carbocycles. The van der Waals surface area contributed by atoms with Crippen LogP contribution >= 0.6 is 0 Å². The Balaban J connectivity index is 0.000000398. The summed E-state index contributed by atoms with van der Waals surface area (Å²) in [4.78, 5) is 13.2. The highest BCUT2D eigenvalue weighted by atomic mass is 19.4. The van der Waals surface area contributed by atoms with E-state index in [0.29, 0.717) is 5.56 Å². The van der Waals surface area contributed by atoms with E-state index in [2.05, 4.69) is 15.3 Å². The van der Waals surface area contributed by atoms with E-state index < -0.39 is 36.2 Å². The highest BCUT2D eigenvalue weighted by molar-refractivity contribution is 5.47. The SMILES string of the molecule is Cc1cccc(F)c1.O=c1c(C2CCCCC2)cc(-c2nnc(C(F)F)o2)nn1Cc1ccccc1C(F)(F)F. The van der Waals surface area contributed by atoms with Crippen molar-refractivity contribution in [2.75, 3.05) is 0 Å². The number of halogens is 6. The van der Waals surface area contributed by atoms with Gasteiger partial charge >= 0.3 is 12.6 Å². The third kappa shape index (κ3) is 7.16. The van der Waals surface area contributed by atoms with Gasteiger partial charge in [0.2, 0.25) is 0 Å². The minimum Gasteiger partial charge on any atom is -0.413 e. The highest BCUT2D eigenvalue weighted by Crippen LogP contribution is 2.34. The molecule has 2 aromatic heterocycles. The number of aromatic nitrogens is 4. The molecule has 0 unspecified atom stereocenters. The molecule has 2 heterocycles. The number of rotatable bonds is 5. The molecule has 0 atom stereocenters. The lowest BCUT2D eigenvalue weighted by Gasteiger charge is -2.22. The highest BCUT2D eigenvalue weighted by Gasteiger charge is 2.33. The van der Waals surface area contributed by atoms with E-state index in [0.717, 1.165) is 48.4 Å². The molecular formula is C28H26F6N4O2. The van der Waals surface area contributed by atoms with E-state index in [1.54, 1.807) is 6.07 Å². The van der Waals surface area contributed by atoms with Gasteiger partial charge in [-0.25, -0.2) is 9.07 Å². The van der Waals surface area contributed by atoms with E-state index in [9.17, 15) is 31.1 Å². The molecule has 1 aliphatic carbocycles. The average Bonchev–Trinajstić information content (AvgIpc) is 3.41. The van der Waals surface area contributed by atoms with E-state index in [1.165, 1.54) is 36.4 Å². The topological polar surface area (TPSA) is 73.8 Å². The summed E-state index contributed by atoms with van der Waals surface area (Å²) in [6, 6.07) is 12.8. The Kier molecular flexibility index (Phi) is 9.06. The lowest BCUT2D eigenvalue weighted by molar-refractivity contribution is -0.138. The number of benzene rings is 2. The fourth-order valence-electron chi connectivity index (χ4n) is 4.61. The molecular weight excluding hydrogens is 538 g/mol. The van der Waals surface area contributed by atoms with Gasteiger partial charge in [-0.15, -0.1) is 10.2 Å². The Labute approximate surface area is 225 Å². The summed E-state index contributed by atoms with van der Waals surface area (Å²) >= 11 is 0. The zero-order valence-electron chi connectivity index (χ0n) is 21.5. The summed E-state index contributed by atoms with van der Waals surface area (Å²) in [5, 5.41) is 10.9. The van der Waals surface area contributed by atoms with Gasteiger partial charge in [0.1, 0.15) is 11.5 Å². The van der Waals surface area contributed by atoms with Gasteiger partial charge in [-0.2, -0.15) is 27.1 Å². The first kappa shape index (κ1) is 29.0. The third-order valence-corrected chi connectivity index (χ3v) is 6.52. The van der Waals surface area contributed by atoms with Crippen molar-refractivity contribution >= 4 is 0 Å². The first-order valence-electron chi connectivity index (χ1n) is 12.6. The van der Waals surface area contributed by atoms with Crippen molar-refractivity contribution in [2.45, 2.75) is 64.1 Å². The van der Waals surface area contributed by atoms with Gasteiger partial charge in [0, 0.05) is 5.56 Å². The van der Waals surface area contributed by atoms with Gasteiger partial charge in [0.15, 0.2) is 0 Å².